The minimum Gasteiger partial charge on any atom is -0.508 e. The van der Waals surface area contributed by atoms with Gasteiger partial charge >= 0.3 is 0 Å². The number of hydrogen-bond acceptors (Lipinski definition) is 2. The summed E-state index contributed by atoms with van der Waals surface area (Å²) < 4.78 is 0. The minimum absolute atomic E-state index is 0.0255. The molecule has 1 aromatic carbocycles. The monoisotopic (exact) mass is 212 g/mol. The van der Waals surface area contributed by atoms with E-state index in [-0.39, 0.29) is 17.5 Å². The molecule has 1 atom stereocenters. The summed E-state index contributed by atoms with van der Waals surface area (Å²) in [4.78, 5) is 11.7. The Hall–Kier alpha value is -1.02. The summed E-state index contributed by atoms with van der Waals surface area (Å²) in [5.74, 6) is 0.0743. The number of hydrogen-bond donors (Lipinski definition) is 1. The molecule has 0 aliphatic carbocycles. The van der Waals surface area contributed by atoms with Gasteiger partial charge in [-0.1, -0.05) is 25.4 Å². The van der Waals surface area contributed by atoms with Gasteiger partial charge in [0.2, 0.25) is 0 Å². The molecule has 0 aromatic heterocycles. The third-order valence-corrected chi connectivity index (χ3v) is 2.59. The predicted octanol–water partition coefficient (Wildman–Crippen LogP) is 3.27. The fourth-order valence-corrected chi connectivity index (χ4v) is 1.42. The van der Waals surface area contributed by atoms with Crippen LogP contribution in [0.15, 0.2) is 18.2 Å². The number of phenols is 1. The summed E-state index contributed by atoms with van der Waals surface area (Å²) in [7, 11) is 0. The summed E-state index contributed by atoms with van der Waals surface area (Å²) in [5.41, 5.74) is 0.485. The lowest BCUT2D eigenvalue weighted by Crippen LogP contribution is -2.10. The number of benzene rings is 1. The maximum Gasteiger partial charge on any atom is 0.167 e. The molecule has 0 aliphatic rings. The molecule has 14 heavy (non-hydrogen) atoms. The van der Waals surface area contributed by atoms with Crippen LogP contribution in [0.5, 0.6) is 5.75 Å². The van der Waals surface area contributed by atoms with Crippen molar-refractivity contribution in [1.82, 2.24) is 0 Å². The second kappa shape index (κ2) is 4.47. The van der Waals surface area contributed by atoms with E-state index in [1.165, 1.54) is 12.1 Å². The van der Waals surface area contributed by atoms with Crippen LogP contribution in [-0.2, 0) is 0 Å². The van der Waals surface area contributed by atoms with Gasteiger partial charge in [0, 0.05) is 11.5 Å². The van der Waals surface area contributed by atoms with Gasteiger partial charge in [-0.05, 0) is 24.6 Å². The first kappa shape index (κ1) is 11.1. The molecule has 0 saturated carbocycles. The van der Waals surface area contributed by atoms with Gasteiger partial charge in [0.25, 0.3) is 0 Å². The molecule has 1 rings (SSSR count). The van der Waals surface area contributed by atoms with Gasteiger partial charge in [0.15, 0.2) is 5.78 Å². The van der Waals surface area contributed by atoms with Crippen LogP contribution in [0.4, 0.5) is 0 Å². The quantitative estimate of drug-likeness (QED) is 0.781. The zero-order valence-corrected chi connectivity index (χ0v) is 9.01. The van der Waals surface area contributed by atoms with E-state index < -0.39 is 0 Å². The van der Waals surface area contributed by atoms with E-state index in [1.54, 1.807) is 6.07 Å². The minimum atomic E-state index is -0.0305. The van der Waals surface area contributed by atoms with Gasteiger partial charge in [-0.15, -0.1) is 0 Å². The van der Waals surface area contributed by atoms with E-state index in [2.05, 4.69) is 0 Å². The van der Waals surface area contributed by atoms with Gasteiger partial charge in [-0.25, -0.2) is 0 Å². The van der Waals surface area contributed by atoms with Gasteiger partial charge in [0.05, 0.1) is 5.02 Å². The lowest BCUT2D eigenvalue weighted by Gasteiger charge is -2.08. The van der Waals surface area contributed by atoms with Gasteiger partial charge in [-0.3, -0.25) is 4.79 Å². The molecule has 0 bridgehead atoms. The maximum atomic E-state index is 11.7. The number of phenolic OH excluding ortho intramolecular Hbond substituents is 1. The highest BCUT2D eigenvalue weighted by molar-refractivity contribution is 6.34. The highest BCUT2D eigenvalue weighted by Gasteiger charge is 2.16. The topological polar surface area (TPSA) is 37.3 Å². The van der Waals surface area contributed by atoms with Crippen LogP contribution >= 0.6 is 11.6 Å². The van der Waals surface area contributed by atoms with E-state index in [4.69, 9.17) is 16.7 Å². The second-order valence-electron chi connectivity index (χ2n) is 3.34. The average Bonchev–Trinajstić information content (AvgIpc) is 2.15. The predicted molar refractivity (Wildman–Crippen MR) is 56.9 cm³/mol. The van der Waals surface area contributed by atoms with Crippen molar-refractivity contribution in [2.45, 2.75) is 20.3 Å². The van der Waals surface area contributed by atoms with Crippen LogP contribution in [0.25, 0.3) is 0 Å². The van der Waals surface area contributed by atoms with Crippen molar-refractivity contribution >= 4 is 17.4 Å². The standard InChI is InChI=1S/C11H13ClO2/c1-3-7(2)11(14)9-5-4-8(13)6-10(9)12/h4-7,13H,3H2,1-2H3. The Kier molecular flexibility index (Phi) is 3.53. The maximum absolute atomic E-state index is 11.7. The summed E-state index contributed by atoms with van der Waals surface area (Å²) in [5, 5.41) is 9.43. The van der Waals surface area contributed by atoms with Crippen molar-refractivity contribution in [2.75, 3.05) is 0 Å². The number of carbonyl (C=O) groups excluding carboxylic acids is 1. The molecule has 0 fully saturated rings. The van der Waals surface area contributed by atoms with E-state index in [1.807, 2.05) is 13.8 Å². The fourth-order valence-electron chi connectivity index (χ4n) is 1.15. The fraction of sp³-hybridized carbons (Fsp3) is 0.364. The second-order valence-corrected chi connectivity index (χ2v) is 3.74. The van der Waals surface area contributed by atoms with Crippen molar-refractivity contribution < 1.29 is 9.90 Å². The molecule has 0 aliphatic heterocycles. The van der Waals surface area contributed by atoms with E-state index in [9.17, 15) is 4.79 Å². The zero-order valence-electron chi connectivity index (χ0n) is 8.25. The van der Waals surface area contributed by atoms with Gasteiger partial charge < -0.3 is 5.11 Å². The van der Waals surface area contributed by atoms with Gasteiger partial charge in [0.1, 0.15) is 5.75 Å². The van der Waals surface area contributed by atoms with Crippen molar-refractivity contribution in [3.05, 3.63) is 28.8 Å². The Morgan fingerprint density at radius 1 is 1.57 bits per heavy atom. The number of carbonyl (C=O) groups is 1. The van der Waals surface area contributed by atoms with E-state index in [0.29, 0.717) is 10.6 Å². The highest BCUT2D eigenvalue weighted by atomic mass is 35.5. The normalized spacial score (nSPS) is 12.5. The molecule has 0 heterocycles. The Morgan fingerprint density at radius 3 is 2.71 bits per heavy atom. The molecule has 1 N–H and O–H groups in total. The smallest absolute Gasteiger partial charge is 0.167 e. The van der Waals surface area contributed by atoms with Crippen molar-refractivity contribution in [3.63, 3.8) is 0 Å². The Bertz CT molecular complexity index is 347. The average molecular weight is 213 g/mol. The Balaban J connectivity index is 3.02. The van der Waals surface area contributed by atoms with E-state index in [0.717, 1.165) is 6.42 Å². The SMILES string of the molecule is CCC(C)C(=O)c1ccc(O)cc1Cl. The first-order valence-electron chi connectivity index (χ1n) is 4.59. The number of aromatic hydroxyl groups is 1. The van der Waals surface area contributed by atoms with E-state index >= 15 is 0 Å². The molecule has 0 amide bonds. The molecule has 2 nitrogen and oxygen atoms in total. The number of Topliss-reactive ketones (excluding diaryl/α,β-unsaturated/α-hetero) is 1. The Morgan fingerprint density at radius 2 is 2.21 bits per heavy atom. The molecule has 1 aromatic rings. The van der Waals surface area contributed by atoms with Crippen molar-refractivity contribution in [1.29, 1.82) is 0 Å². The third-order valence-electron chi connectivity index (χ3n) is 2.28. The molecular formula is C11H13ClO2. The van der Waals surface area contributed by atoms with Crippen LogP contribution in [0.2, 0.25) is 5.02 Å². The number of ketones is 1. The first-order valence-corrected chi connectivity index (χ1v) is 4.96. The van der Waals surface area contributed by atoms with Crippen LogP contribution < -0.4 is 0 Å². The summed E-state index contributed by atoms with van der Waals surface area (Å²) in [6, 6.07) is 4.42. The van der Waals surface area contributed by atoms with Crippen LogP contribution in [0.1, 0.15) is 30.6 Å². The van der Waals surface area contributed by atoms with Gasteiger partial charge in [-0.2, -0.15) is 0 Å². The summed E-state index contributed by atoms with van der Waals surface area (Å²) in [6.07, 6.45) is 0.788. The summed E-state index contributed by atoms with van der Waals surface area (Å²) in [6.45, 7) is 3.82. The molecule has 0 radical (unpaired) electrons. The highest BCUT2D eigenvalue weighted by Crippen LogP contribution is 2.24. The summed E-state index contributed by atoms with van der Waals surface area (Å²) >= 11 is 5.84. The van der Waals surface area contributed by atoms with Crippen LogP contribution in [0.3, 0.4) is 0 Å². The molecule has 76 valence electrons. The Labute approximate surface area is 88.5 Å². The largest absolute Gasteiger partial charge is 0.508 e. The molecule has 0 saturated heterocycles. The molecular weight excluding hydrogens is 200 g/mol. The molecule has 3 heteroatoms. The van der Waals surface area contributed by atoms with Crippen molar-refractivity contribution in [3.8, 4) is 5.75 Å². The zero-order chi connectivity index (χ0) is 10.7. The molecule has 1 unspecified atom stereocenters. The molecule has 0 spiro atoms. The lowest BCUT2D eigenvalue weighted by atomic mass is 9.97. The number of halogens is 1. The first-order chi connectivity index (χ1) is 6.56. The number of rotatable bonds is 3. The van der Waals surface area contributed by atoms with Crippen LogP contribution in [0, 0.1) is 5.92 Å². The van der Waals surface area contributed by atoms with Crippen molar-refractivity contribution in [2.24, 2.45) is 5.92 Å². The lowest BCUT2D eigenvalue weighted by molar-refractivity contribution is 0.0927. The third kappa shape index (κ3) is 2.26. The van der Waals surface area contributed by atoms with Crippen LogP contribution in [-0.4, -0.2) is 10.9 Å².